The molecule has 41 heavy (non-hydrogen) atoms. The normalized spacial score (nSPS) is 22.0. The number of anilines is 2. The topological polar surface area (TPSA) is 123 Å². The van der Waals surface area contributed by atoms with Gasteiger partial charge >= 0.3 is 0 Å². The van der Waals surface area contributed by atoms with Crippen LogP contribution in [-0.2, 0) is 4.79 Å². The van der Waals surface area contributed by atoms with Gasteiger partial charge in [-0.25, -0.2) is 4.99 Å². The molecule has 0 spiro atoms. The van der Waals surface area contributed by atoms with Crippen molar-refractivity contribution in [3.05, 3.63) is 75.4 Å². The first kappa shape index (κ1) is 27.3. The van der Waals surface area contributed by atoms with Crippen molar-refractivity contribution < 1.29 is 14.4 Å². The lowest BCUT2D eigenvalue weighted by molar-refractivity contribution is -0.119. The number of nitrogens with one attached hydrogen (secondary N) is 3. The minimum Gasteiger partial charge on any atom is -0.356 e. The fourth-order valence-corrected chi connectivity index (χ4v) is 6.34. The Morgan fingerprint density at radius 3 is 2.32 bits per heavy atom. The number of para-hydroxylation sites is 1. The van der Waals surface area contributed by atoms with Gasteiger partial charge in [-0.3, -0.25) is 19.5 Å². The monoisotopic (exact) mass is 593 g/mol. The smallest absolute Gasteiger partial charge is 0.275 e. The minimum atomic E-state index is -1.20. The van der Waals surface area contributed by atoms with Crippen LogP contribution in [0.25, 0.3) is 0 Å². The molecule has 3 amide bonds. The Balaban J connectivity index is 1.27. The quantitative estimate of drug-likeness (QED) is 0.409. The molecule has 3 fully saturated rings. The van der Waals surface area contributed by atoms with E-state index in [4.69, 9.17) is 28.2 Å². The summed E-state index contributed by atoms with van der Waals surface area (Å²) in [4.78, 5) is 48.3. The first-order valence-corrected chi connectivity index (χ1v) is 14.4. The Bertz CT molecular complexity index is 1530. The molecule has 10 nitrogen and oxygen atoms in total. The average molecular weight is 595 g/mol. The zero-order valence-electron chi connectivity index (χ0n) is 22.4. The van der Waals surface area contributed by atoms with Crippen molar-refractivity contribution in [2.24, 2.45) is 16.8 Å². The number of H-pyrrole nitrogens is 1. The van der Waals surface area contributed by atoms with E-state index in [1.165, 1.54) is 30.6 Å². The number of aromatic nitrogens is 2. The molecule has 7 rings (SSSR count). The predicted octanol–water partition coefficient (Wildman–Crippen LogP) is 4.57. The molecule has 1 saturated carbocycles. The van der Waals surface area contributed by atoms with Crippen molar-refractivity contribution in [3.63, 3.8) is 0 Å². The summed E-state index contributed by atoms with van der Waals surface area (Å²) in [6.45, 7) is 1.73. The number of hydrogen-bond acceptors (Lipinski definition) is 6. The molecule has 2 saturated heterocycles. The second-order valence-corrected chi connectivity index (χ2v) is 11.5. The highest BCUT2D eigenvalue weighted by atomic mass is 35.5. The molecule has 1 aromatic heterocycles. The molecular formula is C29H29Cl2N7O3. The number of fused-ring (bicyclic) bond motifs is 5. The summed E-state index contributed by atoms with van der Waals surface area (Å²) in [6.07, 6.45) is 3.58. The van der Waals surface area contributed by atoms with E-state index >= 15 is 0 Å². The molecule has 1 atom stereocenters. The minimum absolute atomic E-state index is 0.0303. The molecule has 2 aromatic carbocycles. The van der Waals surface area contributed by atoms with Crippen LogP contribution in [0.15, 0.2) is 53.5 Å². The van der Waals surface area contributed by atoms with Crippen LogP contribution < -0.4 is 15.5 Å². The zero-order chi connectivity index (χ0) is 28.7. The number of halogens is 2. The van der Waals surface area contributed by atoms with Gasteiger partial charge in [0.05, 0.1) is 16.3 Å². The van der Waals surface area contributed by atoms with Gasteiger partial charge in [0.1, 0.15) is 16.7 Å². The van der Waals surface area contributed by atoms with Crippen molar-refractivity contribution in [1.29, 1.82) is 0 Å². The van der Waals surface area contributed by atoms with Gasteiger partial charge in [0.2, 0.25) is 6.17 Å². The zero-order valence-corrected chi connectivity index (χ0v) is 23.9. The van der Waals surface area contributed by atoms with Gasteiger partial charge in [-0.05, 0) is 61.8 Å². The van der Waals surface area contributed by atoms with E-state index in [-0.39, 0.29) is 27.1 Å². The second-order valence-electron chi connectivity index (χ2n) is 10.7. The fraction of sp³-hybridized carbons (Fsp3) is 0.345. The van der Waals surface area contributed by atoms with E-state index in [0.717, 1.165) is 24.3 Å². The van der Waals surface area contributed by atoms with Crippen LogP contribution in [-0.4, -0.2) is 65.0 Å². The van der Waals surface area contributed by atoms with Crippen molar-refractivity contribution in [1.82, 2.24) is 20.4 Å². The number of hydrogen-bond donors (Lipinski definition) is 3. The fourth-order valence-electron chi connectivity index (χ4n) is 5.90. The summed E-state index contributed by atoms with van der Waals surface area (Å²) in [5, 5.41) is 12.1. The molecule has 3 aromatic rings. The molecule has 12 heteroatoms. The number of amidine groups is 1. The number of nitrogens with zero attached hydrogens (tertiary/aromatic N) is 4. The number of amides is 3. The van der Waals surface area contributed by atoms with Gasteiger partial charge in [-0.15, -0.1) is 0 Å². The Morgan fingerprint density at radius 1 is 0.951 bits per heavy atom. The number of rotatable bonds is 4. The average Bonchev–Trinajstić information content (AvgIpc) is 3.11. The van der Waals surface area contributed by atoms with Crippen molar-refractivity contribution >= 4 is 58.3 Å². The van der Waals surface area contributed by atoms with E-state index in [1.807, 2.05) is 24.3 Å². The Hall–Kier alpha value is -3.89. The third kappa shape index (κ3) is 5.29. The lowest BCUT2D eigenvalue weighted by atomic mass is 9.84. The summed E-state index contributed by atoms with van der Waals surface area (Å²) in [5.74, 6) is 0.267. The molecule has 2 bridgehead atoms. The SMILES string of the molecule is CN1C(=O)C(NC(=O)c2n[nH]c(NC(=O)c3ccccc3Cl)c2Cl)N=C(N2CC3CCC(CC3)C2)c2ccccc21. The maximum absolute atomic E-state index is 13.6. The highest BCUT2D eigenvalue weighted by Crippen LogP contribution is 2.36. The van der Waals surface area contributed by atoms with Gasteiger partial charge in [-0.2, -0.15) is 5.10 Å². The second kappa shape index (κ2) is 11.2. The van der Waals surface area contributed by atoms with Crippen molar-refractivity contribution in [2.75, 3.05) is 30.4 Å². The number of carbonyl (C=O) groups is 3. The largest absolute Gasteiger partial charge is 0.356 e. The molecular weight excluding hydrogens is 565 g/mol. The maximum Gasteiger partial charge on any atom is 0.275 e. The highest BCUT2D eigenvalue weighted by molar-refractivity contribution is 6.37. The first-order valence-electron chi connectivity index (χ1n) is 13.6. The maximum atomic E-state index is 13.6. The van der Waals surface area contributed by atoms with Crippen LogP contribution in [0.2, 0.25) is 10.0 Å². The highest BCUT2D eigenvalue weighted by Gasteiger charge is 2.37. The van der Waals surface area contributed by atoms with Crippen molar-refractivity contribution in [3.8, 4) is 0 Å². The van der Waals surface area contributed by atoms with Gasteiger partial charge in [0.25, 0.3) is 17.7 Å². The molecule has 3 N–H and O–H groups in total. The lowest BCUT2D eigenvalue weighted by Gasteiger charge is -2.27. The van der Waals surface area contributed by atoms with Crippen LogP contribution in [0.4, 0.5) is 11.5 Å². The standard InChI is InChI=1S/C29H29Cl2N7O3/c1-37-21-9-5-3-7-19(21)26(38-14-16-10-11-17(15-38)13-12-16)32-25(29(37)41)34-28(40)23-22(31)24(36-35-23)33-27(39)18-6-2-4-8-20(18)30/h2-9,16-17,25H,10-15H2,1H3,(H,34,40)(H2,33,35,36,39). The number of benzene rings is 2. The van der Waals surface area contributed by atoms with Crippen molar-refractivity contribution in [2.45, 2.75) is 31.8 Å². The van der Waals surface area contributed by atoms with Crippen LogP contribution in [0, 0.1) is 11.8 Å². The Morgan fingerprint density at radius 2 is 1.61 bits per heavy atom. The predicted molar refractivity (Wildman–Crippen MR) is 158 cm³/mol. The third-order valence-corrected chi connectivity index (χ3v) is 8.79. The third-order valence-electron chi connectivity index (χ3n) is 8.09. The number of aromatic amines is 1. The molecule has 4 aliphatic rings. The molecule has 1 aliphatic carbocycles. The summed E-state index contributed by atoms with van der Waals surface area (Å²) in [7, 11) is 1.68. The van der Waals surface area contributed by atoms with E-state index in [0.29, 0.717) is 17.7 Å². The molecule has 1 unspecified atom stereocenters. The van der Waals surface area contributed by atoms with E-state index in [9.17, 15) is 14.4 Å². The molecule has 4 heterocycles. The number of carbonyl (C=O) groups excluding carboxylic acids is 3. The lowest BCUT2D eigenvalue weighted by Crippen LogP contribution is -2.46. The summed E-state index contributed by atoms with van der Waals surface area (Å²) in [5.41, 5.74) is 1.64. The number of aliphatic imine (C=N–C) groups is 1. The number of benzodiazepines with no additional fused rings is 1. The number of likely N-dealkylation sites (N-methyl/N-ethyl adjacent to an activating group) is 1. The van der Waals surface area contributed by atoms with Gasteiger partial charge in [0.15, 0.2) is 5.69 Å². The van der Waals surface area contributed by atoms with E-state index in [2.05, 4.69) is 25.7 Å². The summed E-state index contributed by atoms with van der Waals surface area (Å²) in [6, 6.07) is 14.2. The first-order chi connectivity index (χ1) is 19.8. The van der Waals surface area contributed by atoms with Gasteiger partial charge in [0, 0.05) is 25.7 Å². The summed E-state index contributed by atoms with van der Waals surface area (Å²) < 4.78 is 0. The van der Waals surface area contributed by atoms with Gasteiger partial charge < -0.3 is 20.4 Å². The van der Waals surface area contributed by atoms with E-state index in [1.54, 1.807) is 31.3 Å². The Labute approximate surface area is 247 Å². The molecule has 0 radical (unpaired) electrons. The van der Waals surface area contributed by atoms with Crippen LogP contribution >= 0.6 is 23.2 Å². The molecule has 212 valence electrons. The van der Waals surface area contributed by atoms with Crippen LogP contribution in [0.3, 0.4) is 0 Å². The molecule has 3 aliphatic heterocycles. The van der Waals surface area contributed by atoms with Crippen LogP contribution in [0.5, 0.6) is 0 Å². The van der Waals surface area contributed by atoms with E-state index < -0.39 is 23.9 Å². The van der Waals surface area contributed by atoms with Crippen LogP contribution in [0.1, 0.15) is 52.1 Å². The van der Waals surface area contributed by atoms with Gasteiger partial charge in [-0.1, -0.05) is 47.5 Å². The Kier molecular flexibility index (Phi) is 7.44. The summed E-state index contributed by atoms with van der Waals surface area (Å²) >= 11 is 12.6.